The van der Waals surface area contributed by atoms with E-state index in [-0.39, 0.29) is 18.4 Å². The summed E-state index contributed by atoms with van der Waals surface area (Å²) in [5.41, 5.74) is 1.68. The van der Waals surface area contributed by atoms with E-state index in [9.17, 15) is 9.59 Å². The van der Waals surface area contributed by atoms with Crippen molar-refractivity contribution < 1.29 is 14.3 Å². The van der Waals surface area contributed by atoms with E-state index in [4.69, 9.17) is 16.3 Å². The van der Waals surface area contributed by atoms with Crippen molar-refractivity contribution in [1.82, 2.24) is 14.8 Å². The first-order valence-corrected chi connectivity index (χ1v) is 9.74. The Kier molecular flexibility index (Phi) is 6.52. The number of halogens is 1. The maximum Gasteiger partial charge on any atom is 0.272 e. The summed E-state index contributed by atoms with van der Waals surface area (Å²) in [6, 6.07) is 10.5. The van der Waals surface area contributed by atoms with Gasteiger partial charge < -0.3 is 14.5 Å². The zero-order chi connectivity index (χ0) is 20.1. The van der Waals surface area contributed by atoms with Crippen LogP contribution in [0.2, 0.25) is 5.02 Å². The highest BCUT2D eigenvalue weighted by Gasteiger charge is 2.21. The fraction of sp³-hybridized carbons (Fsp3) is 0.381. The fourth-order valence-electron chi connectivity index (χ4n) is 3.16. The van der Waals surface area contributed by atoms with Gasteiger partial charge in [-0.1, -0.05) is 17.7 Å². The third-order valence-electron chi connectivity index (χ3n) is 4.70. The van der Waals surface area contributed by atoms with E-state index in [2.05, 4.69) is 4.98 Å². The third kappa shape index (κ3) is 4.81. The number of hydrogen-bond acceptors (Lipinski definition) is 4. The Bertz CT molecular complexity index is 872. The van der Waals surface area contributed by atoms with Gasteiger partial charge in [0.2, 0.25) is 0 Å². The van der Waals surface area contributed by atoms with Gasteiger partial charge in [-0.25, -0.2) is 4.98 Å². The quantitative estimate of drug-likeness (QED) is 0.734. The van der Waals surface area contributed by atoms with Crippen LogP contribution in [0.25, 0.3) is 0 Å². The van der Waals surface area contributed by atoms with Crippen LogP contribution in [0.5, 0.6) is 5.75 Å². The van der Waals surface area contributed by atoms with Crippen LogP contribution < -0.4 is 4.74 Å². The molecule has 0 radical (unpaired) electrons. The van der Waals surface area contributed by atoms with Crippen LogP contribution in [0, 0.1) is 6.92 Å². The van der Waals surface area contributed by atoms with Crippen molar-refractivity contribution >= 4 is 23.4 Å². The molecule has 0 N–H and O–H groups in total. The molecule has 0 spiro atoms. The van der Waals surface area contributed by atoms with Crippen LogP contribution in [-0.4, -0.2) is 59.9 Å². The standard InChI is InChI=1S/C21H24ClN3O3/c1-15-6-5-7-18(23-15)21(27)25-11-4-3-10-24(2)20(26)17-14-16(22)8-9-19(17)28-13-12-25/h5-9,14H,3-4,10-13H2,1-2H3. The molecule has 2 aromatic rings. The summed E-state index contributed by atoms with van der Waals surface area (Å²) < 4.78 is 5.85. The molecule has 28 heavy (non-hydrogen) atoms. The first-order valence-electron chi connectivity index (χ1n) is 9.36. The second kappa shape index (κ2) is 9.06. The molecule has 0 saturated heterocycles. The molecule has 1 aromatic heterocycles. The zero-order valence-corrected chi connectivity index (χ0v) is 16.9. The van der Waals surface area contributed by atoms with Crippen molar-refractivity contribution in [2.45, 2.75) is 19.8 Å². The number of carbonyl (C=O) groups excluding carboxylic acids is 2. The van der Waals surface area contributed by atoms with Crippen molar-refractivity contribution in [2.24, 2.45) is 0 Å². The first kappa shape index (κ1) is 20.1. The van der Waals surface area contributed by atoms with Crippen LogP contribution in [0.4, 0.5) is 0 Å². The van der Waals surface area contributed by atoms with E-state index in [0.717, 1.165) is 18.5 Å². The molecule has 6 nitrogen and oxygen atoms in total. The molecule has 3 rings (SSSR count). The number of hydrogen-bond donors (Lipinski definition) is 0. The number of nitrogens with zero attached hydrogens (tertiary/aromatic N) is 3. The van der Waals surface area contributed by atoms with Gasteiger partial charge in [0.1, 0.15) is 18.1 Å². The number of benzene rings is 1. The Morgan fingerprint density at radius 1 is 1.14 bits per heavy atom. The van der Waals surface area contributed by atoms with E-state index < -0.39 is 0 Å². The molecule has 1 aliphatic rings. The second-order valence-corrected chi connectivity index (χ2v) is 7.32. The minimum Gasteiger partial charge on any atom is -0.491 e. The highest BCUT2D eigenvalue weighted by Crippen LogP contribution is 2.25. The van der Waals surface area contributed by atoms with E-state index in [1.54, 1.807) is 41.1 Å². The molecule has 7 heteroatoms. The van der Waals surface area contributed by atoms with E-state index in [1.807, 2.05) is 19.1 Å². The van der Waals surface area contributed by atoms with Crippen LogP contribution in [0.3, 0.4) is 0 Å². The van der Waals surface area contributed by atoms with Gasteiger partial charge in [-0.3, -0.25) is 9.59 Å². The summed E-state index contributed by atoms with van der Waals surface area (Å²) in [6.45, 7) is 3.75. The van der Waals surface area contributed by atoms with Crippen molar-refractivity contribution in [1.29, 1.82) is 0 Å². The third-order valence-corrected chi connectivity index (χ3v) is 4.94. The van der Waals surface area contributed by atoms with Gasteiger partial charge in [0, 0.05) is 30.9 Å². The molecule has 1 aliphatic heterocycles. The van der Waals surface area contributed by atoms with Crippen molar-refractivity contribution in [2.75, 3.05) is 33.3 Å². The number of aromatic nitrogens is 1. The highest BCUT2D eigenvalue weighted by molar-refractivity contribution is 6.31. The van der Waals surface area contributed by atoms with Gasteiger partial charge in [0.25, 0.3) is 11.8 Å². The van der Waals surface area contributed by atoms with Gasteiger partial charge in [0.15, 0.2) is 0 Å². The lowest BCUT2D eigenvalue weighted by molar-refractivity contribution is 0.0699. The lowest BCUT2D eigenvalue weighted by Crippen LogP contribution is -2.37. The number of pyridine rings is 1. The summed E-state index contributed by atoms with van der Waals surface area (Å²) in [7, 11) is 1.76. The normalized spacial score (nSPS) is 15.9. The largest absolute Gasteiger partial charge is 0.491 e. The molecule has 0 atom stereocenters. The number of amides is 2. The topological polar surface area (TPSA) is 62.7 Å². The van der Waals surface area contributed by atoms with Gasteiger partial charge in [-0.05, 0) is 50.1 Å². The molecule has 0 saturated carbocycles. The van der Waals surface area contributed by atoms with Crippen LogP contribution in [-0.2, 0) is 0 Å². The predicted molar refractivity (Wildman–Crippen MR) is 108 cm³/mol. The van der Waals surface area contributed by atoms with Crippen LogP contribution in [0.15, 0.2) is 36.4 Å². The lowest BCUT2D eigenvalue weighted by atomic mass is 10.1. The summed E-state index contributed by atoms with van der Waals surface area (Å²) in [5, 5.41) is 0.485. The maximum atomic E-state index is 12.9. The average Bonchev–Trinajstić information content (AvgIpc) is 2.68. The Hall–Kier alpha value is -2.60. The Labute approximate surface area is 170 Å². The average molecular weight is 402 g/mol. The van der Waals surface area contributed by atoms with Crippen molar-refractivity contribution in [3.63, 3.8) is 0 Å². The predicted octanol–water partition coefficient (Wildman–Crippen LogP) is 3.43. The van der Waals surface area contributed by atoms with E-state index in [1.165, 1.54) is 0 Å². The maximum absolute atomic E-state index is 12.9. The van der Waals surface area contributed by atoms with Crippen molar-refractivity contribution in [3.8, 4) is 5.75 Å². The lowest BCUT2D eigenvalue weighted by Gasteiger charge is -2.25. The molecular weight excluding hydrogens is 378 g/mol. The molecule has 1 aromatic carbocycles. The monoisotopic (exact) mass is 401 g/mol. The molecule has 0 bridgehead atoms. The fourth-order valence-corrected chi connectivity index (χ4v) is 3.33. The molecule has 2 heterocycles. The van der Waals surface area contributed by atoms with Gasteiger partial charge in [-0.2, -0.15) is 0 Å². The van der Waals surface area contributed by atoms with Gasteiger partial charge in [0.05, 0.1) is 12.1 Å². The minimum absolute atomic E-state index is 0.106. The van der Waals surface area contributed by atoms with Gasteiger partial charge in [-0.15, -0.1) is 0 Å². The number of fused-ring (bicyclic) bond motifs is 1. The van der Waals surface area contributed by atoms with Crippen LogP contribution in [0.1, 0.15) is 39.4 Å². The Balaban J connectivity index is 1.81. The molecule has 148 valence electrons. The molecule has 0 fully saturated rings. The van der Waals surface area contributed by atoms with E-state index in [0.29, 0.717) is 41.7 Å². The second-order valence-electron chi connectivity index (χ2n) is 6.88. The van der Waals surface area contributed by atoms with E-state index >= 15 is 0 Å². The number of rotatable bonds is 1. The smallest absolute Gasteiger partial charge is 0.272 e. The minimum atomic E-state index is -0.116. The summed E-state index contributed by atoms with van der Waals surface area (Å²) in [4.78, 5) is 33.4. The summed E-state index contributed by atoms with van der Waals surface area (Å²) in [6.07, 6.45) is 1.58. The Morgan fingerprint density at radius 2 is 1.93 bits per heavy atom. The SMILES string of the molecule is Cc1cccc(C(=O)N2CCCCN(C)C(=O)c3cc(Cl)ccc3OCC2)n1. The first-order chi connectivity index (χ1) is 13.5. The Morgan fingerprint density at radius 3 is 2.71 bits per heavy atom. The molecule has 0 aliphatic carbocycles. The zero-order valence-electron chi connectivity index (χ0n) is 16.2. The van der Waals surface area contributed by atoms with Crippen LogP contribution >= 0.6 is 11.6 Å². The van der Waals surface area contributed by atoms with Gasteiger partial charge >= 0.3 is 0 Å². The summed E-state index contributed by atoms with van der Waals surface area (Å²) >= 11 is 6.07. The summed E-state index contributed by atoms with van der Waals surface area (Å²) in [5.74, 6) is 0.253. The molecule has 2 amide bonds. The number of ether oxygens (including phenoxy) is 1. The highest BCUT2D eigenvalue weighted by atomic mass is 35.5. The number of aryl methyl sites for hydroxylation is 1. The molecule has 0 unspecified atom stereocenters. The van der Waals surface area contributed by atoms with Crippen molar-refractivity contribution in [3.05, 3.63) is 58.4 Å². The number of carbonyl (C=O) groups is 2. The molecular formula is C21H24ClN3O3.